The minimum atomic E-state index is -0.188. The van der Waals surface area contributed by atoms with Gasteiger partial charge in [0.1, 0.15) is 11.9 Å². The van der Waals surface area contributed by atoms with Crippen LogP contribution in [0.2, 0.25) is 0 Å². The monoisotopic (exact) mass is 419 g/mol. The van der Waals surface area contributed by atoms with E-state index in [1.165, 1.54) is 0 Å². The van der Waals surface area contributed by atoms with Gasteiger partial charge in [-0.1, -0.05) is 0 Å². The van der Waals surface area contributed by atoms with Crippen molar-refractivity contribution in [1.29, 1.82) is 0 Å². The van der Waals surface area contributed by atoms with Gasteiger partial charge < -0.3 is 19.5 Å². The number of aryl methyl sites for hydroxylation is 2. The van der Waals surface area contributed by atoms with Gasteiger partial charge in [0.2, 0.25) is 0 Å². The van der Waals surface area contributed by atoms with Crippen LogP contribution in [-0.4, -0.2) is 42.7 Å². The molecular weight excluding hydrogens is 394 g/mol. The van der Waals surface area contributed by atoms with E-state index in [4.69, 9.17) is 14.2 Å². The summed E-state index contributed by atoms with van der Waals surface area (Å²) < 4.78 is 16.5. The minimum absolute atomic E-state index is 0.126. The van der Waals surface area contributed by atoms with Gasteiger partial charge in [-0.2, -0.15) is 0 Å². The molecule has 160 valence electrons. The fourth-order valence-electron chi connectivity index (χ4n) is 3.68. The lowest BCUT2D eigenvalue weighted by Crippen LogP contribution is -2.34. The van der Waals surface area contributed by atoms with Crippen LogP contribution in [0.4, 0.5) is 0 Å². The van der Waals surface area contributed by atoms with Gasteiger partial charge in [-0.05, 0) is 55.8 Å². The van der Waals surface area contributed by atoms with Crippen LogP contribution in [0.3, 0.4) is 0 Å². The maximum atomic E-state index is 12.6. The average Bonchev–Trinajstić information content (AvgIpc) is 3.20. The number of methoxy groups -OCH3 is 2. The fourth-order valence-corrected chi connectivity index (χ4v) is 3.68. The maximum Gasteiger partial charge on any atom is 0.251 e. The summed E-state index contributed by atoms with van der Waals surface area (Å²) in [5.74, 6) is 1.75. The SMILES string of the molecule is COc1ccc(C(=O)NCC2Cc3cc(-c4nc(C)cnc4C)ccc3O2)cc1OC. The summed E-state index contributed by atoms with van der Waals surface area (Å²) in [5, 5.41) is 2.94. The Labute approximate surface area is 181 Å². The number of ether oxygens (including phenoxy) is 3. The summed E-state index contributed by atoms with van der Waals surface area (Å²) in [7, 11) is 3.10. The summed E-state index contributed by atoms with van der Waals surface area (Å²) >= 11 is 0. The first kappa shape index (κ1) is 20.7. The Morgan fingerprint density at radius 3 is 2.71 bits per heavy atom. The first-order valence-corrected chi connectivity index (χ1v) is 10.1. The Hall–Kier alpha value is -3.61. The van der Waals surface area contributed by atoms with Gasteiger partial charge in [0.15, 0.2) is 11.5 Å². The van der Waals surface area contributed by atoms with E-state index >= 15 is 0 Å². The standard InChI is InChI=1S/C24H25N3O4/c1-14-12-25-15(2)23(27-14)16-5-7-20-18(9-16)10-19(31-20)13-26-24(28)17-6-8-21(29-3)22(11-17)30-4/h5-9,11-12,19H,10,13H2,1-4H3,(H,26,28). The van der Waals surface area contributed by atoms with Crippen LogP contribution in [0.1, 0.15) is 27.3 Å². The molecule has 0 radical (unpaired) electrons. The molecule has 31 heavy (non-hydrogen) atoms. The topological polar surface area (TPSA) is 82.6 Å². The molecule has 1 aliphatic heterocycles. The predicted molar refractivity (Wildman–Crippen MR) is 117 cm³/mol. The Kier molecular flexibility index (Phi) is 5.75. The van der Waals surface area contributed by atoms with Gasteiger partial charge in [0.05, 0.1) is 37.8 Å². The molecule has 4 rings (SSSR count). The van der Waals surface area contributed by atoms with Crippen LogP contribution in [0, 0.1) is 13.8 Å². The Morgan fingerprint density at radius 1 is 1.13 bits per heavy atom. The molecule has 7 nitrogen and oxygen atoms in total. The molecule has 3 aromatic rings. The van der Waals surface area contributed by atoms with Crippen LogP contribution in [0.5, 0.6) is 17.2 Å². The highest BCUT2D eigenvalue weighted by atomic mass is 16.5. The van der Waals surface area contributed by atoms with Crippen molar-refractivity contribution in [2.24, 2.45) is 0 Å². The molecule has 0 saturated heterocycles. The number of nitrogens with one attached hydrogen (secondary N) is 1. The molecule has 0 spiro atoms. The van der Waals surface area contributed by atoms with Gasteiger partial charge in [0, 0.05) is 23.7 Å². The molecule has 2 heterocycles. The smallest absolute Gasteiger partial charge is 0.251 e. The lowest BCUT2D eigenvalue weighted by Gasteiger charge is -2.13. The van der Waals surface area contributed by atoms with E-state index in [9.17, 15) is 4.79 Å². The van der Waals surface area contributed by atoms with E-state index in [0.29, 0.717) is 30.0 Å². The average molecular weight is 419 g/mol. The number of fused-ring (bicyclic) bond motifs is 1. The van der Waals surface area contributed by atoms with Crippen molar-refractivity contribution in [3.63, 3.8) is 0 Å². The number of aromatic nitrogens is 2. The number of hydrogen-bond donors (Lipinski definition) is 1. The summed E-state index contributed by atoms with van der Waals surface area (Å²) in [6.07, 6.45) is 2.36. The molecule has 1 N–H and O–H groups in total. The number of carbonyl (C=O) groups is 1. The fraction of sp³-hybridized carbons (Fsp3) is 0.292. The van der Waals surface area contributed by atoms with Gasteiger partial charge in [0.25, 0.3) is 5.91 Å². The molecule has 0 aliphatic carbocycles. The van der Waals surface area contributed by atoms with Crippen molar-refractivity contribution >= 4 is 5.91 Å². The molecule has 1 unspecified atom stereocenters. The van der Waals surface area contributed by atoms with Crippen LogP contribution < -0.4 is 19.5 Å². The number of hydrogen-bond acceptors (Lipinski definition) is 6. The van der Waals surface area contributed by atoms with E-state index in [-0.39, 0.29) is 12.0 Å². The van der Waals surface area contributed by atoms with Gasteiger partial charge in [-0.25, -0.2) is 4.98 Å². The summed E-state index contributed by atoms with van der Waals surface area (Å²) in [6, 6.07) is 11.1. The lowest BCUT2D eigenvalue weighted by atomic mass is 10.0. The van der Waals surface area contributed by atoms with Crippen molar-refractivity contribution in [1.82, 2.24) is 15.3 Å². The third-order valence-corrected chi connectivity index (χ3v) is 5.29. The third kappa shape index (κ3) is 4.30. The second-order valence-corrected chi connectivity index (χ2v) is 7.49. The number of benzene rings is 2. The van der Waals surface area contributed by atoms with Gasteiger partial charge in [-0.3, -0.25) is 9.78 Å². The van der Waals surface area contributed by atoms with Gasteiger partial charge in [-0.15, -0.1) is 0 Å². The Morgan fingerprint density at radius 2 is 1.94 bits per heavy atom. The van der Waals surface area contributed by atoms with Crippen LogP contribution >= 0.6 is 0 Å². The lowest BCUT2D eigenvalue weighted by molar-refractivity contribution is 0.0933. The molecule has 0 saturated carbocycles. The molecule has 1 amide bonds. The third-order valence-electron chi connectivity index (χ3n) is 5.29. The van der Waals surface area contributed by atoms with E-state index in [0.717, 1.165) is 34.0 Å². The van der Waals surface area contributed by atoms with Crippen LogP contribution in [0.15, 0.2) is 42.6 Å². The number of amides is 1. The quantitative estimate of drug-likeness (QED) is 0.658. The van der Waals surface area contributed by atoms with Crippen molar-refractivity contribution in [2.45, 2.75) is 26.4 Å². The van der Waals surface area contributed by atoms with E-state index in [1.807, 2.05) is 26.0 Å². The van der Waals surface area contributed by atoms with Crippen molar-refractivity contribution < 1.29 is 19.0 Å². The molecule has 1 aliphatic rings. The molecular formula is C24H25N3O4. The zero-order valence-corrected chi connectivity index (χ0v) is 18.1. The molecule has 1 aromatic heterocycles. The summed E-state index contributed by atoms with van der Waals surface area (Å²) in [4.78, 5) is 21.6. The molecule has 2 aromatic carbocycles. The second kappa shape index (κ2) is 8.63. The maximum absolute atomic E-state index is 12.6. The Bertz CT molecular complexity index is 1130. The Balaban J connectivity index is 1.42. The molecule has 0 fully saturated rings. The van der Waals surface area contributed by atoms with Gasteiger partial charge >= 0.3 is 0 Å². The molecule has 0 bridgehead atoms. The highest BCUT2D eigenvalue weighted by Crippen LogP contribution is 2.33. The molecule has 7 heteroatoms. The minimum Gasteiger partial charge on any atom is -0.493 e. The number of nitrogens with zero attached hydrogens (tertiary/aromatic N) is 2. The number of rotatable bonds is 6. The highest BCUT2D eigenvalue weighted by Gasteiger charge is 2.24. The summed E-state index contributed by atoms with van der Waals surface area (Å²) in [6.45, 7) is 4.29. The molecule has 1 atom stereocenters. The van der Waals surface area contributed by atoms with Crippen molar-refractivity contribution in [3.8, 4) is 28.5 Å². The summed E-state index contributed by atoms with van der Waals surface area (Å²) in [5.41, 5.74) is 5.28. The van der Waals surface area contributed by atoms with Crippen LogP contribution in [0.25, 0.3) is 11.3 Å². The number of carbonyl (C=O) groups excluding carboxylic acids is 1. The predicted octanol–water partition coefficient (Wildman–Crippen LogP) is 3.51. The first-order valence-electron chi connectivity index (χ1n) is 10.1. The largest absolute Gasteiger partial charge is 0.493 e. The zero-order valence-electron chi connectivity index (χ0n) is 18.1. The highest BCUT2D eigenvalue weighted by molar-refractivity contribution is 5.94. The second-order valence-electron chi connectivity index (χ2n) is 7.49. The first-order chi connectivity index (χ1) is 15.0. The van der Waals surface area contributed by atoms with E-state index < -0.39 is 0 Å². The van der Waals surface area contributed by atoms with E-state index in [1.54, 1.807) is 38.6 Å². The zero-order chi connectivity index (χ0) is 22.0. The van der Waals surface area contributed by atoms with Crippen molar-refractivity contribution in [2.75, 3.05) is 20.8 Å². The van der Waals surface area contributed by atoms with Crippen LogP contribution in [-0.2, 0) is 6.42 Å². The van der Waals surface area contributed by atoms with Crippen molar-refractivity contribution in [3.05, 3.63) is 65.1 Å². The van der Waals surface area contributed by atoms with E-state index in [2.05, 4.69) is 21.4 Å². The normalized spacial score (nSPS) is 14.5.